The van der Waals surface area contributed by atoms with Gasteiger partial charge in [-0.2, -0.15) is 5.10 Å². The van der Waals surface area contributed by atoms with Crippen molar-refractivity contribution in [2.45, 2.75) is 46.3 Å². The zero-order chi connectivity index (χ0) is 15.4. The summed E-state index contributed by atoms with van der Waals surface area (Å²) >= 11 is 0. The van der Waals surface area contributed by atoms with E-state index in [0.717, 1.165) is 23.1 Å². The highest BCUT2D eigenvalue weighted by Crippen LogP contribution is 2.20. The number of aromatic nitrogens is 2. The monoisotopic (exact) mass is 289 g/mol. The van der Waals surface area contributed by atoms with E-state index < -0.39 is 5.97 Å². The Balaban J connectivity index is 2.26. The minimum absolute atomic E-state index is 0.157. The highest BCUT2D eigenvalue weighted by Gasteiger charge is 2.16. The molecule has 0 aliphatic rings. The van der Waals surface area contributed by atoms with E-state index in [9.17, 15) is 4.79 Å². The SMILES string of the molecule is CCn1nc(CN(CCC(=O)O)C(C)C)c2ccccc21. The molecule has 114 valence electrons. The first kappa shape index (κ1) is 15.5. The van der Waals surface area contributed by atoms with Crippen LogP contribution in [0.3, 0.4) is 0 Å². The molecule has 5 nitrogen and oxygen atoms in total. The largest absolute Gasteiger partial charge is 0.481 e. The smallest absolute Gasteiger partial charge is 0.304 e. The molecule has 2 rings (SSSR count). The Bertz CT molecular complexity index is 619. The lowest BCUT2D eigenvalue weighted by Gasteiger charge is -2.24. The quantitative estimate of drug-likeness (QED) is 0.851. The molecule has 1 N–H and O–H groups in total. The van der Waals surface area contributed by atoms with Gasteiger partial charge in [-0.3, -0.25) is 14.4 Å². The molecule has 0 radical (unpaired) electrons. The third-order valence-corrected chi connectivity index (χ3v) is 3.73. The average Bonchev–Trinajstić information content (AvgIpc) is 2.81. The molecule has 0 fully saturated rings. The minimum Gasteiger partial charge on any atom is -0.481 e. The summed E-state index contributed by atoms with van der Waals surface area (Å²) in [6, 6.07) is 8.48. The molecule has 0 saturated carbocycles. The molecule has 0 aliphatic heterocycles. The molecule has 0 spiro atoms. The van der Waals surface area contributed by atoms with E-state index in [1.54, 1.807) is 0 Å². The van der Waals surface area contributed by atoms with Gasteiger partial charge >= 0.3 is 5.97 Å². The number of rotatable bonds is 7. The summed E-state index contributed by atoms with van der Waals surface area (Å²) in [7, 11) is 0. The Morgan fingerprint density at radius 2 is 2.10 bits per heavy atom. The third kappa shape index (κ3) is 3.61. The minimum atomic E-state index is -0.760. The van der Waals surface area contributed by atoms with Crippen LogP contribution in [0.25, 0.3) is 10.9 Å². The van der Waals surface area contributed by atoms with Gasteiger partial charge in [-0.05, 0) is 26.8 Å². The second-order valence-electron chi connectivity index (χ2n) is 5.49. The van der Waals surface area contributed by atoms with Gasteiger partial charge in [-0.25, -0.2) is 0 Å². The molecule has 5 heteroatoms. The molecule has 0 unspecified atom stereocenters. The van der Waals surface area contributed by atoms with Crippen LogP contribution in [0.4, 0.5) is 0 Å². The molecule has 0 bridgehead atoms. The molecular weight excluding hydrogens is 266 g/mol. The molecule has 1 aromatic heterocycles. The van der Waals surface area contributed by atoms with Crippen molar-refractivity contribution in [2.24, 2.45) is 0 Å². The van der Waals surface area contributed by atoms with Gasteiger partial charge in [-0.15, -0.1) is 0 Å². The van der Waals surface area contributed by atoms with Crippen molar-refractivity contribution in [3.63, 3.8) is 0 Å². The maximum absolute atomic E-state index is 10.8. The molecule has 1 heterocycles. The van der Waals surface area contributed by atoms with Crippen LogP contribution in [0.2, 0.25) is 0 Å². The number of para-hydroxylation sites is 1. The van der Waals surface area contributed by atoms with Gasteiger partial charge in [0.05, 0.1) is 17.6 Å². The molecule has 0 amide bonds. The van der Waals surface area contributed by atoms with E-state index in [2.05, 4.69) is 42.9 Å². The fourth-order valence-electron chi connectivity index (χ4n) is 2.51. The number of fused-ring (bicyclic) bond motifs is 1. The summed E-state index contributed by atoms with van der Waals surface area (Å²) in [5.41, 5.74) is 2.16. The first-order chi connectivity index (χ1) is 10.0. The zero-order valence-corrected chi connectivity index (χ0v) is 12.9. The summed E-state index contributed by atoms with van der Waals surface area (Å²) in [4.78, 5) is 13.0. The van der Waals surface area contributed by atoms with Gasteiger partial charge in [0.1, 0.15) is 0 Å². The Morgan fingerprint density at radius 1 is 1.38 bits per heavy atom. The van der Waals surface area contributed by atoms with E-state index in [-0.39, 0.29) is 12.5 Å². The number of aryl methyl sites for hydroxylation is 1. The number of aliphatic carboxylic acids is 1. The van der Waals surface area contributed by atoms with Gasteiger partial charge in [0.15, 0.2) is 0 Å². The van der Waals surface area contributed by atoms with E-state index in [4.69, 9.17) is 5.11 Å². The lowest BCUT2D eigenvalue weighted by Crippen LogP contribution is -2.32. The maximum atomic E-state index is 10.8. The Labute approximate surface area is 125 Å². The molecular formula is C16H23N3O2. The standard InChI is InChI=1S/C16H23N3O2/c1-4-19-15-8-6-5-7-13(15)14(17-19)11-18(12(2)3)10-9-16(20)21/h5-8,12H,4,9-11H2,1-3H3,(H,20,21). The van der Waals surface area contributed by atoms with Crippen LogP contribution in [0, 0.1) is 0 Å². The van der Waals surface area contributed by atoms with E-state index in [1.807, 2.05) is 16.8 Å². The predicted molar refractivity (Wildman–Crippen MR) is 83.2 cm³/mol. The Kier molecular flexibility index (Phi) is 4.96. The van der Waals surface area contributed by atoms with Crippen molar-refractivity contribution in [2.75, 3.05) is 6.54 Å². The normalized spacial score (nSPS) is 11.7. The van der Waals surface area contributed by atoms with Crippen molar-refractivity contribution in [3.05, 3.63) is 30.0 Å². The summed E-state index contributed by atoms with van der Waals surface area (Å²) in [6.07, 6.45) is 0.157. The predicted octanol–water partition coefficient (Wildman–Crippen LogP) is 2.74. The first-order valence-corrected chi connectivity index (χ1v) is 7.43. The summed E-state index contributed by atoms with van der Waals surface area (Å²) in [5, 5.41) is 14.7. The van der Waals surface area contributed by atoms with Crippen molar-refractivity contribution < 1.29 is 9.90 Å². The number of hydrogen-bond donors (Lipinski definition) is 1. The van der Waals surface area contributed by atoms with Crippen LogP contribution in [0.1, 0.15) is 32.9 Å². The topological polar surface area (TPSA) is 58.4 Å². The highest BCUT2D eigenvalue weighted by molar-refractivity contribution is 5.81. The van der Waals surface area contributed by atoms with Crippen molar-refractivity contribution >= 4 is 16.9 Å². The van der Waals surface area contributed by atoms with Crippen LogP contribution in [-0.2, 0) is 17.9 Å². The van der Waals surface area contributed by atoms with E-state index in [1.165, 1.54) is 0 Å². The van der Waals surface area contributed by atoms with E-state index in [0.29, 0.717) is 13.1 Å². The lowest BCUT2D eigenvalue weighted by atomic mass is 10.2. The summed E-state index contributed by atoms with van der Waals surface area (Å²) in [6.45, 7) is 8.30. The van der Waals surface area contributed by atoms with E-state index >= 15 is 0 Å². The number of nitrogens with zero attached hydrogens (tertiary/aromatic N) is 3. The molecule has 2 aromatic rings. The Morgan fingerprint density at radius 3 is 2.71 bits per heavy atom. The number of benzene rings is 1. The van der Waals surface area contributed by atoms with Gasteiger partial charge in [0, 0.05) is 31.1 Å². The van der Waals surface area contributed by atoms with Crippen LogP contribution >= 0.6 is 0 Å². The molecule has 1 aromatic carbocycles. The van der Waals surface area contributed by atoms with Crippen LogP contribution in [0.5, 0.6) is 0 Å². The fourth-order valence-corrected chi connectivity index (χ4v) is 2.51. The number of carbonyl (C=O) groups is 1. The van der Waals surface area contributed by atoms with Crippen molar-refractivity contribution in [3.8, 4) is 0 Å². The van der Waals surface area contributed by atoms with Crippen LogP contribution < -0.4 is 0 Å². The van der Waals surface area contributed by atoms with Crippen LogP contribution in [-0.4, -0.2) is 38.3 Å². The van der Waals surface area contributed by atoms with Gasteiger partial charge < -0.3 is 5.11 Å². The molecule has 0 saturated heterocycles. The first-order valence-electron chi connectivity index (χ1n) is 7.43. The average molecular weight is 289 g/mol. The Hall–Kier alpha value is -1.88. The van der Waals surface area contributed by atoms with Crippen LogP contribution in [0.15, 0.2) is 24.3 Å². The van der Waals surface area contributed by atoms with Crippen molar-refractivity contribution in [1.29, 1.82) is 0 Å². The second kappa shape index (κ2) is 6.72. The van der Waals surface area contributed by atoms with Gasteiger partial charge in [0.2, 0.25) is 0 Å². The zero-order valence-electron chi connectivity index (χ0n) is 12.9. The second-order valence-corrected chi connectivity index (χ2v) is 5.49. The van der Waals surface area contributed by atoms with Crippen molar-refractivity contribution in [1.82, 2.24) is 14.7 Å². The van der Waals surface area contributed by atoms with Gasteiger partial charge in [-0.1, -0.05) is 18.2 Å². The third-order valence-electron chi connectivity index (χ3n) is 3.73. The fraction of sp³-hybridized carbons (Fsp3) is 0.500. The number of hydrogen-bond acceptors (Lipinski definition) is 3. The molecule has 21 heavy (non-hydrogen) atoms. The number of carboxylic acids is 1. The molecule has 0 atom stereocenters. The number of carboxylic acid groups (broad SMARTS) is 1. The summed E-state index contributed by atoms with van der Waals surface area (Å²) in [5.74, 6) is -0.760. The van der Waals surface area contributed by atoms with Gasteiger partial charge in [0.25, 0.3) is 0 Å². The molecule has 0 aliphatic carbocycles. The lowest BCUT2D eigenvalue weighted by molar-refractivity contribution is -0.137. The summed E-state index contributed by atoms with van der Waals surface area (Å²) < 4.78 is 2.00. The maximum Gasteiger partial charge on any atom is 0.304 e. The highest BCUT2D eigenvalue weighted by atomic mass is 16.4.